The number of hydrogen-bond donors (Lipinski definition) is 7. The SMILES string of the molecule is CC(C)CC(N)C(=O)NC(C(=O)NC(CCCCN)C(=O)NC(Cc1ccc(O)cc1)C(=O)O)C(C)C. The highest BCUT2D eigenvalue weighted by atomic mass is 16.4. The van der Waals surface area contributed by atoms with Crippen LogP contribution in [0.1, 0.15) is 58.9 Å². The van der Waals surface area contributed by atoms with E-state index >= 15 is 0 Å². The first-order valence-corrected chi connectivity index (χ1v) is 12.7. The van der Waals surface area contributed by atoms with Gasteiger partial charge >= 0.3 is 5.97 Å². The summed E-state index contributed by atoms with van der Waals surface area (Å²) in [5, 5.41) is 27.0. The summed E-state index contributed by atoms with van der Waals surface area (Å²) in [7, 11) is 0. The number of amides is 3. The van der Waals surface area contributed by atoms with Crippen LogP contribution in [0.2, 0.25) is 0 Å². The van der Waals surface area contributed by atoms with E-state index in [9.17, 15) is 29.4 Å². The maximum Gasteiger partial charge on any atom is 0.326 e. The molecule has 0 heterocycles. The highest BCUT2D eigenvalue weighted by molar-refractivity contribution is 5.94. The number of carbonyl (C=O) groups is 4. The number of unbranched alkanes of at least 4 members (excludes halogenated alkanes) is 1. The Morgan fingerprint density at radius 1 is 0.865 bits per heavy atom. The third-order valence-corrected chi connectivity index (χ3v) is 5.88. The molecule has 208 valence electrons. The van der Waals surface area contributed by atoms with Crippen molar-refractivity contribution in [3.8, 4) is 5.75 Å². The second-order valence-corrected chi connectivity index (χ2v) is 10.1. The van der Waals surface area contributed by atoms with Crippen molar-refractivity contribution >= 4 is 23.7 Å². The van der Waals surface area contributed by atoms with Gasteiger partial charge in [0.25, 0.3) is 0 Å². The van der Waals surface area contributed by atoms with Crippen LogP contribution in [0.15, 0.2) is 24.3 Å². The van der Waals surface area contributed by atoms with E-state index in [2.05, 4.69) is 16.0 Å². The van der Waals surface area contributed by atoms with E-state index < -0.39 is 47.9 Å². The van der Waals surface area contributed by atoms with Gasteiger partial charge in [0.15, 0.2) is 0 Å². The van der Waals surface area contributed by atoms with Crippen molar-refractivity contribution in [2.75, 3.05) is 6.54 Å². The number of carbonyl (C=O) groups excluding carboxylic acids is 3. The Morgan fingerprint density at radius 2 is 1.46 bits per heavy atom. The molecule has 9 N–H and O–H groups in total. The van der Waals surface area contributed by atoms with Gasteiger partial charge in [-0.05, 0) is 61.8 Å². The van der Waals surface area contributed by atoms with Crippen molar-refractivity contribution < 1.29 is 29.4 Å². The predicted octanol–water partition coefficient (Wildman–Crippen LogP) is 0.632. The van der Waals surface area contributed by atoms with Crippen LogP contribution < -0.4 is 27.4 Å². The molecule has 0 saturated heterocycles. The number of carboxylic acid groups (broad SMARTS) is 1. The van der Waals surface area contributed by atoms with Crippen LogP contribution in [0.25, 0.3) is 0 Å². The minimum Gasteiger partial charge on any atom is -0.508 e. The van der Waals surface area contributed by atoms with Gasteiger partial charge in [0.05, 0.1) is 6.04 Å². The van der Waals surface area contributed by atoms with E-state index in [1.54, 1.807) is 26.0 Å². The molecule has 0 spiro atoms. The van der Waals surface area contributed by atoms with Gasteiger partial charge in [-0.1, -0.05) is 39.8 Å². The van der Waals surface area contributed by atoms with E-state index in [0.29, 0.717) is 31.4 Å². The van der Waals surface area contributed by atoms with Crippen LogP contribution >= 0.6 is 0 Å². The summed E-state index contributed by atoms with van der Waals surface area (Å²) >= 11 is 0. The zero-order valence-electron chi connectivity index (χ0n) is 22.2. The van der Waals surface area contributed by atoms with Crippen molar-refractivity contribution in [1.29, 1.82) is 0 Å². The minimum absolute atomic E-state index is 0.0107. The molecule has 0 aliphatic rings. The molecular formula is C26H43N5O6. The average molecular weight is 522 g/mol. The predicted molar refractivity (Wildman–Crippen MR) is 140 cm³/mol. The number of benzene rings is 1. The van der Waals surface area contributed by atoms with Gasteiger partial charge in [-0.3, -0.25) is 14.4 Å². The number of nitrogens with one attached hydrogen (secondary N) is 3. The number of phenolic OH excluding ortho intramolecular Hbond substituents is 1. The zero-order valence-corrected chi connectivity index (χ0v) is 22.2. The molecule has 1 rings (SSSR count). The smallest absolute Gasteiger partial charge is 0.326 e. The lowest BCUT2D eigenvalue weighted by Crippen LogP contribution is -2.58. The number of rotatable bonds is 16. The summed E-state index contributed by atoms with van der Waals surface area (Å²) in [6.45, 7) is 7.81. The second kappa shape index (κ2) is 15.8. The van der Waals surface area contributed by atoms with E-state index in [4.69, 9.17) is 11.5 Å². The molecule has 11 heteroatoms. The average Bonchev–Trinajstić information content (AvgIpc) is 2.81. The monoisotopic (exact) mass is 521 g/mol. The zero-order chi connectivity index (χ0) is 28.1. The number of carboxylic acids is 1. The summed E-state index contributed by atoms with van der Waals surface area (Å²) in [5.74, 6) is -2.94. The highest BCUT2D eigenvalue weighted by Gasteiger charge is 2.31. The van der Waals surface area contributed by atoms with Crippen molar-refractivity contribution in [3.63, 3.8) is 0 Å². The summed E-state index contributed by atoms with van der Waals surface area (Å²) < 4.78 is 0. The molecule has 0 saturated carbocycles. The van der Waals surface area contributed by atoms with Crippen molar-refractivity contribution in [1.82, 2.24) is 16.0 Å². The lowest BCUT2D eigenvalue weighted by molar-refractivity contribution is -0.142. The molecule has 0 fully saturated rings. The Bertz CT molecular complexity index is 890. The van der Waals surface area contributed by atoms with Gasteiger partial charge in [0, 0.05) is 6.42 Å². The van der Waals surface area contributed by atoms with Gasteiger partial charge in [-0.2, -0.15) is 0 Å². The molecule has 0 radical (unpaired) electrons. The Balaban J connectivity index is 2.99. The molecule has 0 bridgehead atoms. The minimum atomic E-state index is -1.25. The van der Waals surface area contributed by atoms with Crippen LogP contribution in [-0.2, 0) is 25.6 Å². The normalized spacial score (nSPS) is 14.5. The third kappa shape index (κ3) is 11.6. The Labute approximate surface area is 218 Å². The molecule has 0 aliphatic carbocycles. The van der Waals surface area contributed by atoms with Crippen molar-refractivity contribution in [2.24, 2.45) is 23.3 Å². The van der Waals surface area contributed by atoms with Crippen LogP contribution in [0, 0.1) is 11.8 Å². The lowest BCUT2D eigenvalue weighted by atomic mass is 9.99. The number of hydrogen-bond acceptors (Lipinski definition) is 7. The molecule has 4 unspecified atom stereocenters. The van der Waals surface area contributed by atoms with Gasteiger partial charge in [-0.25, -0.2) is 4.79 Å². The summed E-state index contributed by atoms with van der Waals surface area (Å²) in [6, 6.07) is 2.02. The summed E-state index contributed by atoms with van der Waals surface area (Å²) in [6.07, 6.45) is 1.83. The molecule has 0 aliphatic heterocycles. The largest absolute Gasteiger partial charge is 0.508 e. The Kier molecular flexibility index (Phi) is 13.6. The Morgan fingerprint density at radius 3 is 1.97 bits per heavy atom. The molecule has 1 aromatic carbocycles. The van der Waals surface area contributed by atoms with E-state index in [-0.39, 0.29) is 30.4 Å². The first kappa shape index (κ1) is 31.8. The highest BCUT2D eigenvalue weighted by Crippen LogP contribution is 2.12. The number of nitrogens with two attached hydrogens (primary N) is 2. The molecule has 37 heavy (non-hydrogen) atoms. The van der Waals surface area contributed by atoms with Crippen molar-refractivity contribution in [2.45, 2.75) is 84.0 Å². The maximum absolute atomic E-state index is 13.1. The molecule has 3 amide bonds. The van der Waals surface area contributed by atoms with Gasteiger partial charge in [0.2, 0.25) is 17.7 Å². The molecule has 11 nitrogen and oxygen atoms in total. The lowest BCUT2D eigenvalue weighted by Gasteiger charge is -2.27. The standard InChI is InChI=1S/C26H43N5O6/c1-15(2)13-19(28)23(33)31-22(16(3)4)25(35)29-20(7-5-6-12-27)24(34)30-21(26(36)37)14-17-8-10-18(32)11-9-17/h8-11,15-16,19-22,32H,5-7,12-14,27-28H2,1-4H3,(H,29,35)(H,30,34)(H,31,33)(H,36,37). The van der Waals surface area contributed by atoms with Crippen LogP contribution in [0.3, 0.4) is 0 Å². The van der Waals surface area contributed by atoms with Crippen LogP contribution in [0.4, 0.5) is 0 Å². The maximum atomic E-state index is 13.1. The quantitative estimate of drug-likeness (QED) is 0.154. The van der Waals surface area contributed by atoms with Gasteiger partial charge in [0.1, 0.15) is 23.9 Å². The molecule has 0 aromatic heterocycles. The van der Waals surface area contributed by atoms with E-state index in [1.165, 1.54) is 12.1 Å². The molecular weight excluding hydrogens is 478 g/mol. The second-order valence-electron chi connectivity index (χ2n) is 10.1. The van der Waals surface area contributed by atoms with Gasteiger partial charge in [-0.15, -0.1) is 0 Å². The van der Waals surface area contributed by atoms with E-state index in [1.807, 2.05) is 13.8 Å². The number of aromatic hydroxyl groups is 1. The summed E-state index contributed by atoms with van der Waals surface area (Å²) in [5.41, 5.74) is 12.1. The van der Waals surface area contributed by atoms with Crippen LogP contribution in [-0.4, -0.2) is 64.6 Å². The fraction of sp³-hybridized carbons (Fsp3) is 0.615. The first-order valence-electron chi connectivity index (χ1n) is 12.7. The van der Waals surface area contributed by atoms with Gasteiger partial charge < -0.3 is 37.6 Å². The van der Waals surface area contributed by atoms with Crippen molar-refractivity contribution in [3.05, 3.63) is 29.8 Å². The number of aliphatic carboxylic acids is 1. The Hall–Kier alpha value is -3.18. The summed E-state index contributed by atoms with van der Waals surface area (Å²) in [4.78, 5) is 50.6. The van der Waals surface area contributed by atoms with Crippen LogP contribution in [0.5, 0.6) is 5.75 Å². The third-order valence-electron chi connectivity index (χ3n) is 5.88. The topological polar surface area (TPSA) is 197 Å². The van der Waals surface area contributed by atoms with E-state index in [0.717, 1.165) is 0 Å². The number of phenols is 1. The first-order chi connectivity index (χ1) is 17.3. The molecule has 1 aromatic rings. The fourth-order valence-corrected chi connectivity index (χ4v) is 3.77. The fourth-order valence-electron chi connectivity index (χ4n) is 3.77. The molecule has 4 atom stereocenters.